The average molecular weight is 315 g/mol. The van der Waals surface area contributed by atoms with Gasteiger partial charge in [0.1, 0.15) is 0 Å². The zero-order valence-electron chi connectivity index (χ0n) is 15.6. The maximum atomic E-state index is 12.0. The fraction of sp³-hybridized carbons (Fsp3) is 0.864. The van der Waals surface area contributed by atoms with Gasteiger partial charge >= 0.3 is 0 Å². The molecular formula is C22H34O. The lowest BCUT2D eigenvalue weighted by atomic mass is 9.46. The highest BCUT2D eigenvalue weighted by Gasteiger charge is 2.58. The molecule has 23 heavy (non-hydrogen) atoms. The molecule has 128 valence electrons. The molecule has 0 aromatic carbocycles. The van der Waals surface area contributed by atoms with Crippen LogP contribution in [-0.2, 0) is 4.79 Å². The lowest BCUT2D eigenvalue weighted by molar-refractivity contribution is -0.117. The minimum absolute atomic E-state index is 0.386. The highest BCUT2D eigenvalue weighted by molar-refractivity contribution is 5.91. The second-order valence-corrected chi connectivity index (χ2v) is 10.1. The van der Waals surface area contributed by atoms with E-state index in [1.54, 1.807) is 0 Å². The van der Waals surface area contributed by atoms with Crippen molar-refractivity contribution in [1.82, 2.24) is 0 Å². The predicted molar refractivity (Wildman–Crippen MR) is 94.9 cm³/mol. The fourth-order valence-corrected chi connectivity index (χ4v) is 6.98. The number of rotatable bonds is 1. The topological polar surface area (TPSA) is 17.1 Å². The van der Waals surface area contributed by atoms with Crippen molar-refractivity contribution >= 4 is 5.78 Å². The quantitative estimate of drug-likeness (QED) is 0.624. The first kappa shape index (κ1) is 15.9. The van der Waals surface area contributed by atoms with Crippen molar-refractivity contribution in [2.75, 3.05) is 0 Å². The van der Waals surface area contributed by atoms with Crippen LogP contribution < -0.4 is 0 Å². The van der Waals surface area contributed by atoms with Crippen LogP contribution >= 0.6 is 0 Å². The lowest BCUT2D eigenvalue weighted by Crippen LogP contribution is -2.52. The number of carbonyl (C=O) groups is 1. The molecule has 1 nitrogen and oxygen atoms in total. The van der Waals surface area contributed by atoms with E-state index in [9.17, 15) is 4.79 Å². The summed E-state index contributed by atoms with van der Waals surface area (Å²) in [4.78, 5) is 12.0. The molecule has 0 spiro atoms. The molecule has 0 bridgehead atoms. The van der Waals surface area contributed by atoms with Gasteiger partial charge in [0.2, 0.25) is 0 Å². The molecule has 8 atom stereocenters. The molecular weight excluding hydrogens is 280 g/mol. The zero-order valence-corrected chi connectivity index (χ0v) is 15.6. The molecule has 4 aliphatic carbocycles. The maximum absolute atomic E-state index is 12.0. The SMILES string of the molecule is CC1CC1C1C2C(C)C(C)C3=CC(=O)CCC3C2CCC1(C)C. The number of allylic oxidation sites excluding steroid dienone is 2. The van der Waals surface area contributed by atoms with Crippen LogP contribution in [0.2, 0.25) is 0 Å². The van der Waals surface area contributed by atoms with E-state index in [4.69, 9.17) is 0 Å². The molecule has 0 saturated heterocycles. The molecule has 0 heterocycles. The fourth-order valence-electron chi connectivity index (χ4n) is 6.98. The molecule has 4 aliphatic rings. The van der Waals surface area contributed by atoms with Crippen molar-refractivity contribution < 1.29 is 4.79 Å². The van der Waals surface area contributed by atoms with Gasteiger partial charge in [0, 0.05) is 6.42 Å². The van der Waals surface area contributed by atoms with Gasteiger partial charge in [-0.2, -0.15) is 0 Å². The van der Waals surface area contributed by atoms with Crippen LogP contribution in [0.4, 0.5) is 0 Å². The molecule has 0 aromatic rings. The smallest absolute Gasteiger partial charge is 0.155 e. The molecule has 0 amide bonds. The molecule has 1 heteroatoms. The van der Waals surface area contributed by atoms with Crippen molar-refractivity contribution in [3.63, 3.8) is 0 Å². The summed E-state index contributed by atoms with van der Waals surface area (Å²) in [7, 11) is 0. The lowest BCUT2D eigenvalue weighted by Gasteiger charge is -2.58. The van der Waals surface area contributed by atoms with E-state index in [0.717, 1.165) is 54.3 Å². The van der Waals surface area contributed by atoms with E-state index in [1.807, 2.05) is 0 Å². The Kier molecular flexibility index (Phi) is 3.60. The summed E-state index contributed by atoms with van der Waals surface area (Å²) < 4.78 is 0. The van der Waals surface area contributed by atoms with Gasteiger partial charge in [-0.3, -0.25) is 4.79 Å². The summed E-state index contributed by atoms with van der Waals surface area (Å²) in [6.07, 6.45) is 8.23. The van der Waals surface area contributed by atoms with Crippen LogP contribution in [0.5, 0.6) is 0 Å². The van der Waals surface area contributed by atoms with Crippen molar-refractivity contribution in [2.45, 2.75) is 66.7 Å². The molecule has 8 unspecified atom stereocenters. The number of fused-ring (bicyclic) bond motifs is 3. The molecule has 4 rings (SSSR count). The Hall–Kier alpha value is -0.590. The molecule has 3 fully saturated rings. The van der Waals surface area contributed by atoms with Crippen LogP contribution in [0.25, 0.3) is 0 Å². The van der Waals surface area contributed by atoms with Gasteiger partial charge < -0.3 is 0 Å². The normalized spacial score (nSPS) is 51.5. The van der Waals surface area contributed by atoms with Gasteiger partial charge in [0.15, 0.2) is 5.78 Å². The summed E-state index contributed by atoms with van der Waals surface area (Å²) >= 11 is 0. The van der Waals surface area contributed by atoms with Crippen molar-refractivity contribution in [2.24, 2.45) is 52.8 Å². The number of hydrogen-bond donors (Lipinski definition) is 0. The van der Waals surface area contributed by atoms with Gasteiger partial charge in [-0.1, -0.05) is 40.2 Å². The standard InChI is InChI=1S/C22H34O/c1-12-10-18(12)21-20-14(3)13(2)19-11-15(23)6-7-16(19)17(20)8-9-22(21,4)5/h11-14,16-18,20-21H,6-10H2,1-5H3. The first-order valence-corrected chi connectivity index (χ1v) is 10.1. The summed E-state index contributed by atoms with van der Waals surface area (Å²) in [5.74, 6) is 7.03. The summed E-state index contributed by atoms with van der Waals surface area (Å²) in [5, 5.41) is 0. The third kappa shape index (κ3) is 2.36. The van der Waals surface area contributed by atoms with Crippen molar-refractivity contribution in [3.8, 4) is 0 Å². The Bertz CT molecular complexity index is 542. The van der Waals surface area contributed by atoms with Crippen LogP contribution in [0, 0.1) is 52.8 Å². The minimum Gasteiger partial charge on any atom is -0.295 e. The largest absolute Gasteiger partial charge is 0.295 e. The van der Waals surface area contributed by atoms with E-state index in [-0.39, 0.29) is 0 Å². The van der Waals surface area contributed by atoms with Crippen LogP contribution in [0.1, 0.15) is 66.7 Å². The summed E-state index contributed by atoms with van der Waals surface area (Å²) in [5.41, 5.74) is 2.04. The third-order valence-corrected chi connectivity index (χ3v) is 8.46. The molecule has 3 saturated carbocycles. The van der Waals surface area contributed by atoms with Gasteiger partial charge in [-0.15, -0.1) is 0 Å². The Morgan fingerprint density at radius 1 is 1.09 bits per heavy atom. The third-order valence-electron chi connectivity index (χ3n) is 8.46. The summed E-state index contributed by atoms with van der Waals surface area (Å²) in [6, 6.07) is 0. The predicted octanol–water partition coefficient (Wildman–Crippen LogP) is 5.50. The minimum atomic E-state index is 0.386. The molecule has 0 aliphatic heterocycles. The second-order valence-electron chi connectivity index (χ2n) is 10.1. The zero-order chi connectivity index (χ0) is 16.5. The first-order valence-electron chi connectivity index (χ1n) is 10.1. The molecule has 0 radical (unpaired) electrons. The van der Waals surface area contributed by atoms with E-state index in [0.29, 0.717) is 17.1 Å². The van der Waals surface area contributed by atoms with E-state index in [1.165, 1.54) is 24.8 Å². The number of ketones is 1. The van der Waals surface area contributed by atoms with Crippen LogP contribution in [0.3, 0.4) is 0 Å². The second kappa shape index (κ2) is 5.20. The van der Waals surface area contributed by atoms with Crippen molar-refractivity contribution in [1.29, 1.82) is 0 Å². The highest BCUT2D eigenvalue weighted by atomic mass is 16.1. The van der Waals surface area contributed by atoms with Crippen molar-refractivity contribution in [3.05, 3.63) is 11.6 Å². The molecule has 0 N–H and O–H groups in total. The van der Waals surface area contributed by atoms with E-state index < -0.39 is 0 Å². The van der Waals surface area contributed by atoms with Gasteiger partial charge in [-0.25, -0.2) is 0 Å². The van der Waals surface area contributed by atoms with Crippen LogP contribution in [0.15, 0.2) is 11.6 Å². The Morgan fingerprint density at radius 2 is 1.78 bits per heavy atom. The summed E-state index contributed by atoms with van der Waals surface area (Å²) in [6.45, 7) is 12.5. The first-order chi connectivity index (χ1) is 10.8. The van der Waals surface area contributed by atoms with Gasteiger partial charge in [-0.05, 0) is 84.5 Å². The highest BCUT2D eigenvalue weighted by Crippen LogP contribution is 2.65. The van der Waals surface area contributed by atoms with Gasteiger partial charge in [0.05, 0.1) is 0 Å². The Labute approximate surface area is 142 Å². The monoisotopic (exact) mass is 314 g/mol. The number of carbonyl (C=O) groups excluding carboxylic acids is 1. The molecule has 0 aromatic heterocycles. The van der Waals surface area contributed by atoms with Gasteiger partial charge in [0.25, 0.3) is 0 Å². The Morgan fingerprint density at radius 3 is 2.43 bits per heavy atom. The maximum Gasteiger partial charge on any atom is 0.155 e. The van der Waals surface area contributed by atoms with E-state index in [2.05, 4.69) is 40.7 Å². The van der Waals surface area contributed by atoms with E-state index >= 15 is 0 Å². The number of hydrogen-bond acceptors (Lipinski definition) is 1. The van der Waals surface area contributed by atoms with Crippen LogP contribution in [-0.4, -0.2) is 5.78 Å². The Balaban J connectivity index is 1.73. The average Bonchev–Trinajstić information content (AvgIpc) is 3.20.